The van der Waals surface area contributed by atoms with E-state index in [0.717, 1.165) is 16.8 Å². The fraction of sp³-hybridized carbons (Fsp3) is 0.250. The van der Waals surface area contributed by atoms with E-state index in [9.17, 15) is 14.3 Å². The van der Waals surface area contributed by atoms with Crippen molar-refractivity contribution >= 4 is 41.0 Å². The lowest BCUT2D eigenvalue weighted by Crippen LogP contribution is -2.30. The van der Waals surface area contributed by atoms with Crippen LogP contribution in [0.15, 0.2) is 47.4 Å². The van der Waals surface area contributed by atoms with E-state index < -0.39 is 18.1 Å². The van der Waals surface area contributed by atoms with Gasteiger partial charge in [-0.05, 0) is 42.1 Å². The van der Waals surface area contributed by atoms with Crippen molar-refractivity contribution in [1.82, 2.24) is 15.2 Å². The molecule has 2 heterocycles. The number of fused-ring (bicyclic) bond motifs is 1. The van der Waals surface area contributed by atoms with Crippen LogP contribution in [0.5, 0.6) is 5.88 Å². The van der Waals surface area contributed by atoms with Crippen LogP contribution in [0.2, 0.25) is 0 Å². The number of rotatable bonds is 7. The van der Waals surface area contributed by atoms with Crippen molar-refractivity contribution in [3.8, 4) is 5.88 Å². The standard InChI is InChI=1S/C20H23BN6O4S/c1-12-9-15-16(7-4-8-17(15)32(22)30)27(12)20-24-18(19(31-2)25-26-20)23-11-13-5-3-6-14(10-13)21(28)29/h3-8,10,12,28-29H,9,11,22H2,1-2H3,(H,23,24,26). The smallest absolute Gasteiger partial charge is 0.477 e. The van der Waals surface area contributed by atoms with E-state index in [2.05, 4.69) is 20.5 Å². The zero-order chi connectivity index (χ0) is 22.8. The molecule has 12 heteroatoms. The first-order valence-electron chi connectivity index (χ1n) is 9.94. The molecule has 4 rings (SSSR count). The summed E-state index contributed by atoms with van der Waals surface area (Å²) in [4.78, 5) is 7.17. The summed E-state index contributed by atoms with van der Waals surface area (Å²) in [5, 5.41) is 36.0. The Balaban J connectivity index is 1.64. The molecule has 0 amide bonds. The van der Waals surface area contributed by atoms with Crippen LogP contribution in [-0.4, -0.2) is 49.7 Å². The second-order valence-corrected chi connectivity index (χ2v) is 8.45. The number of methoxy groups -OCH3 is 1. The molecule has 0 fully saturated rings. The van der Waals surface area contributed by atoms with Gasteiger partial charge in [0.25, 0.3) is 11.8 Å². The third kappa shape index (κ3) is 4.30. The topological polar surface area (TPSA) is 147 Å². The number of anilines is 3. The molecule has 0 bridgehead atoms. The molecule has 32 heavy (non-hydrogen) atoms. The highest BCUT2D eigenvalue weighted by molar-refractivity contribution is 7.82. The number of nitrogens with zero attached hydrogens (tertiary/aromatic N) is 4. The molecular weight excluding hydrogens is 431 g/mol. The number of ether oxygens (including phenoxy) is 1. The third-order valence-corrected chi connectivity index (χ3v) is 6.10. The third-order valence-electron chi connectivity index (χ3n) is 5.29. The van der Waals surface area contributed by atoms with E-state index >= 15 is 0 Å². The van der Waals surface area contributed by atoms with E-state index in [1.165, 1.54) is 7.11 Å². The van der Waals surface area contributed by atoms with E-state index in [4.69, 9.17) is 9.88 Å². The molecule has 1 aromatic heterocycles. The molecule has 1 aliphatic heterocycles. The van der Waals surface area contributed by atoms with Gasteiger partial charge in [0, 0.05) is 18.3 Å². The van der Waals surface area contributed by atoms with Crippen molar-refractivity contribution in [2.24, 2.45) is 5.14 Å². The Morgan fingerprint density at radius 2 is 2.06 bits per heavy atom. The summed E-state index contributed by atoms with van der Waals surface area (Å²) in [6.45, 7) is 2.38. The van der Waals surface area contributed by atoms with Crippen molar-refractivity contribution in [2.75, 3.05) is 17.3 Å². The molecule has 10 nitrogen and oxygen atoms in total. The quantitative estimate of drug-likeness (QED) is 0.369. The van der Waals surface area contributed by atoms with Gasteiger partial charge < -0.3 is 25.0 Å². The normalized spacial score (nSPS) is 15.9. The molecule has 1 aliphatic rings. The number of benzene rings is 2. The zero-order valence-corrected chi connectivity index (χ0v) is 18.4. The van der Waals surface area contributed by atoms with Crippen molar-refractivity contribution in [1.29, 1.82) is 0 Å². The van der Waals surface area contributed by atoms with E-state index in [1.54, 1.807) is 24.3 Å². The van der Waals surface area contributed by atoms with Gasteiger partial charge in [-0.15, -0.1) is 10.2 Å². The van der Waals surface area contributed by atoms with Crippen molar-refractivity contribution in [3.63, 3.8) is 0 Å². The largest absolute Gasteiger partial charge is 0.488 e. The number of nitrogens with one attached hydrogen (secondary N) is 1. The second kappa shape index (κ2) is 9.21. The van der Waals surface area contributed by atoms with Crippen molar-refractivity contribution < 1.29 is 19.0 Å². The van der Waals surface area contributed by atoms with E-state index in [1.807, 2.05) is 30.0 Å². The minimum Gasteiger partial charge on any atom is -0.477 e. The van der Waals surface area contributed by atoms with Crippen molar-refractivity contribution in [2.45, 2.75) is 30.8 Å². The number of nitrogens with two attached hydrogens (primary N) is 1. The van der Waals surface area contributed by atoms with Crippen LogP contribution in [0, 0.1) is 0 Å². The minimum atomic E-state index is -1.59. The van der Waals surface area contributed by atoms with Gasteiger partial charge in [-0.25, -0.2) is 9.35 Å². The molecule has 2 unspecified atom stereocenters. The summed E-state index contributed by atoms with van der Waals surface area (Å²) in [7, 11) is -1.65. The van der Waals surface area contributed by atoms with Gasteiger partial charge in [0.15, 0.2) is 5.82 Å². The van der Waals surface area contributed by atoms with Gasteiger partial charge in [-0.2, -0.15) is 4.98 Å². The SMILES string of the molecule is COc1nnc(N2c3cccc(S(N)=O)c3CC2C)nc1NCc1cccc(B(O)O)c1. The Labute approximate surface area is 188 Å². The highest BCUT2D eigenvalue weighted by atomic mass is 32.2. The Hall–Kier alpha value is -3.06. The highest BCUT2D eigenvalue weighted by Gasteiger charge is 2.32. The molecule has 166 valence electrons. The molecule has 0 saturated heterocycles. The summed E-state index contributed by atoms with van der Waals surface area (Å²) < 4.78 is 17.3. The molecular formula is C20H23BN6O4S. The summed E-state index contributed by atoms with van der Waals surface area (Å²) in [5.74, 6) is 1.00. The number of aromatic nitrogens is 3. The first kappa shape index (κ1) is 22.2. The Morgan fingerprint density at radius 1 is 1.28 bits per heavy atom. The lowest BCUT2D eigenvalue weighted by atomic mass is 9.80. The maximum absolute atomic E-state index is 11.9. The Bertz CT molecular complexity index is 1160. The summed E-state index contributed by atoms with van der Waals surface area (Å²) >= 11 is 0. The van der Waals surface area contributed by atoms with Crippen LogP contribution < -0.4 is 25.6 Å². The molecule has 3 aromatic rings. The lowest BCUT2D eigenvalue weighted by molar-refractivity contribution is 0.391. The Kier molecular flexibility index (Phi) is 6.37. The Morgan fingerprint density at radius 3 is 2.78 bits per heavy atom. The molecule has 0 radical (unpaired) electrons. The highest BCUT2D eigenvalue weighted by Crippen LogP contribution is 2.39. The zero-order valence-electron chi connectivity index (χ0n) is 17.6. The maximum Gasteiger partial charge on any atom is 0.488 e. The van der Waals surface area contributed by atoms with Gasteiger partial charge in [-0.1, -0.05) is 30.3 Å². The number of hydrogen-bond donors (Lipinski definition) is 4. The second-order valence-electron chi connectivity index (χ2n) is 7.42. The van der Waals surface area contributed by atoms with Gasteiger partial charge in [-0.3, -0.25) is 0 Å². The van der Waals surface area contributed by atoms with Crippen LogP contribution in [0.4, 0.5) is 17.5 Å². The van der Waals surface area contributed by atoms with Crippen LogP contribution in [0.25, 0.3) is 0 Å². The summed E-state index contributed by atoms with van der Waals surface area (Å²) in [6.07, 6.45) is 0.656. The first-order valence-corrected chi connectivity index (χ1v) is 11.1. The van der Waals surface area contributed by atoms with Crippen molar-refractivity contribution in [3.05, 3.63) is 53.6 Å². The number of hydrogen-bond acceptors (Lipinski definition) is 9. The van der Waals surface area contributed by atoms with Gasteiger partial charge in [0.1, 0.15) is 11.0 Å². The molecule has 5 N–H and O–H groups in total. The van der Waals surface area contributed by atoms with Crippen LogP contribution >= 0.6 is 0 Å². The minimum absolute atomic E-state index is 0.0143. The van der Waals surface area contributed by atoms with Gasteiger partial charge >= 0.3 is 7.12 Å². The fourth-order valence-electron chi connectivity index (χ4n) is 3.81. The molecule has 0 saturated carbocycles. The molecule has 0 aliphatic carbocycles. The van der Waals surface area contributed by atoms with E-state index in [0.29, 0.717) is 35.1 Å². The van der Waals surface area contributed by atoms with Crippen LogP contribution in [0.1, 0.15) is 18.1 Å². The van der Waals surface area contributed by atoms with Gasteiger partial charge in [0.05, 0.1) is 12.0 Å². The predicted octanol–water partition coefficient (Wildman–Crippen LogP) is 0.236. The average Bonchev–Trinajstić information content (AvgIpc) is 3.13. The van der Waals surface area contributed by atoms with Gasteiger partial charge in [0.2, 0.25) is 0 Å². The maximum atomic E-state index is 11.9. The lowest BCUT2D eigenvalue weighted by Gasteiger charge is -2.23. The van der Waals surface area contributed by atoms with E-state index in [-0.39, 0.29) is 11.9 Å². The monoisotopic (exact) mass is 454 g/mol. The molecule has 2 aromatic carbocycles. The van der Waals surface area contributed by atoms with Crippen LogP contribution in [-0.2, 0) is 24.0 Å². The fourth-order valence-corrected chi connectivity index (χ4v) is 4.46. The molecule has 2 atom stereocenters. The summed E-state index contributed by atoms with van der Waals surface area (Å²) in [6, 6.07) is 12.4. The summed E-state index contributed by atoms with van der Waals surface area (Å²) in [5.41, 5.74) is 2.98. The first-order chi connectivity index (χ1) is 15.4. The van der Waals surface area contributed by atoms with Crippen LogP contribution in [0.3, 0.4) is 0 Å². The predicted molar refractivity (Wildman–Crippen MR) is 122 cm³/mol. The average molecular weight is 454 g/mol. The molecule has 0 spiro atoms.